The Morgan fingerprint density at radius 1 is 1.20 bits per heavy atom. The summed E-state index contributed by atoms with van der Waals surface area (Å²) in [5.74, 6) is -0.129. The molecule has 126 valence electrons. The highest BCUT2D eigenvalue weighted by molar-refractivity contribution is 6.35. The van der Waals surface area contributed by atoms with Gasteiger partial charge in [0.05, 0.1) is 17.1 Å². The molecule has 0 saturated carbocycles. The molecule has 1 aromatic heterocycles. The van der Waals surface area contributed by atoms with Gasteiger partial charge in [0, 0.05) is 16.5 Å². The van der Waals surface area contributed by atoms with Gasteiger partial charge in [0.1, 0.15) is 16.9 Å². The fourth-order valence-electron chi connectivity index (χ4n) is 2.95. The van der Waals surface area contributed by atoms with Crippen LogP contribution in [0, 0.1) is 0 Å². The molecular weight excluding hydrogens is 363 g/mol. The molecule has 0 amide bonds. The molecule has 1 unspecified atom stereocenters. The first kappa shape index (κ1) is 16.0. The first-order valence-electron chi connectivity index (χ1n) is 7.57. The SMILES string of the molecule is O=c1oc2ccccc2c(O)c1C1=NNC(c2ccc(Cl)cc2Cl)C1. The number of benzene rings is 2. The molecule has 2 heterocycles. The third-order valence-corrected chi connectivity index (χ3v) is 4.73. The van der Waals surface area contributed by atoms with Gasteiger partial charge < -0.3 is 14.9 Å². The fourth-order valence-corrected chi connectivity index (χ4v) is 3.49. The van der Waals surface area contributed by atoms with E-state index in [-0.39, 0.29) is 17.4 Å². The van der Waals surface area contributed by atoms with Crippen LogP contribution in [0.4, 0.5) is 0 Å². The van der Waals surface area contributed by atoms with Crippen LogP contribution in [0.25, 0.3) is 11.0 Å². The van der Waals surface area contributed by atoms with Crippen LogP contribution in [0.5, 0.6) is 5.75 Å². The van der Waals surface area contributed by atoms with E-state index < -0.39 is 5.63 Å². The van der Waals surface area contributed by atoms with Crippen molar-refractivity contribution in [3.8, 4) is 5.75 Å². The van der Waals surface area contributed by atoms with Crippen molar-refractivity contribution >= 4 is 39.9 Å². The van der Waals surface area contributed by atoms with Crippen molar-refractivity contribution in [2.45, 2.75) is 12.5 Å². The smallest absolute Gasteiger partial charge is 0.349 e. The molecule has 0 saturated heterocycles. The highest BCUT2D eigenvalue weighted by Crippen LogP contribution is 2.34. The predicted molar refractivity (Wildman–Crippen MR) is 97.6 cm³/mol. The van der Waals surface area contributed by atoms with Crippen LogP contribution >= 0.6 is 23.2 Å². The Morgan fingerprint density at radius 3 is 2.80 bits per heavy atom. The lowest BCUT2D eigenvalue weighted by molar-refractivity contribution is 0.466. The summed E-state index contributed by atoms with van der Waals surface area (Å²) in [6, 6.07) is 11.8. The Morgan fingerprint density at radius 2 is 2.00 bits per heavy atom. The molecule has 2 N–H and O–H groups in total. The van der Waals surface area contributed by atoms with Crippen LogP contribution < -0.4 is 11.1 Å². The average molecular weight is 375 g/mol. The highest BCUT2D eigenvalue weighted by atomic mass is 35.5. The number of hydrogen-bond donors (Lipinski definition) is 2. The van der Waals surface area contributed by atoms with Gasteiger partial charge in [-0.1, -0.05) is 41.4 Å². The maximum absolute atomic E-state index is 12.3. The standard InChI is InChI=1S/C18H12Cl2N2O3/c19-9-5-6-10(12(20)7-9)13-8-14(22-21-13)16-17(23)11-3-1-2-4-15(11)25-18(16)24/h1-7,13,21,23H,8H2. The van der Waals surface area contributed by atoms with Crippen LogP contribution in [-0.2, 0) is 0 Å². The van der Waals surface area contributed by atoms with Crippen LogP contribution in [0.1, 0.15) is 23.6 Å². The number of hydrogen-bond acceptors (Lipinski definition) is 5. The summed E-state index contributed by atoms with van der Waals surface area (Å²) in [6.45, 7) is 0. The molecule has 0 spiro atoms. The zero-order valence-electron chi connectivity index (χ0n) is 12.8. The Hall–Kier alpha value is -2.50. The van der Waals surface area contributed by atoms with Crippen molar-refractivity contribution in [2.24, 2.45) is 5.10 Å². The second kappa shape index (κ2) is 6.10. The number of rotatable bonds is 2. The van der Waals surface area contributed by atoms with Crippen molar-refractivity contribution in [3.63, 3.8) is 0 Å². The lowest BCUT2D eigenvalue weighted by Crippen LogP contribution is -2.15. The number of aromatic hydroxyl groups is 1. The summed E-state index contributed by atoms with van der Waals surface area (Å²) in [5.41, 5.74) is 3.97. The third-order valence-electron chi connectivity index (χ3n) is 4.17. The molecule has 1 aliphatic heterocycles. The molecular formula is C18H12Cl2N2O3. The highest BCUT2D eigenvalue weighted by Gasteiger charge is 2.28. The predicted octanol–water partition coefficient (Wildman–Crippen LogP) is 4.24. The van der Waals surface area contributed by atoms with Gasteiger partial charge in [0.25, 0.3) is 0 Å². The molecule has 0 radical (unpaired) electrons. The number of para-hydroxylation sites is 1. The molecule has 0 fully saturated rings. The van der Waals surface area contributed by atoms with E-state index in [9.17, 15) is 9.90 Å². The van der Waals surface area contributed by atoms with Crippen molar-refractivity contribution < 1.29 is 9.52 Å². The van der Waals surface area contributed by atoms with Gasteiger partial charge in [0.2, 0.25) is 0 Å². The number of nitrogens with zero attached hydrogens (tertiary/aromatic N) is 1. The summed E-state index contributed by atoms with van der Waals surface area (Å²) < 4.78 is 5.30. The van der Waals surface area contributed by atoms with Crippen LogP contribution in [0.3, 0.4) is 0 Å². The zero-order valence-corrected chi connectivity index (χ0v) is 14.3. The molecule has 5 nitrogen and oxygen atoms in total. The Labute approximate surface area is 152 Å². The Kier molecular flexibility index (Phi) is 3.90. The van der Waals surface area contributed by atoms with Gasteiger partial charge in [0.15, 0.2) is 0 Å². The summed E-state index contributed by atoms with van der Waals surface area (Å²) in [5, 5.41) is 16.3. The summed E-state index contributed by atoms with van der Waals surface area (Å²) in [4.78, 5) is 12.3. The first-order valence-corrected chi connectivity index (χ1v) is 8.32. The van der Waals surface area contributed by atoms with E-state index in [1.807, 2.05) is 6.07 Å². The molecule has 2 aromatic carbocycles. The molecule has 7 heteroatoms. The summed E-state index contributed by atoms with van der Waals surface area (Å²) >= 11 is 12.2. The van der Waals surface area contributed by atoms with Crippen molar-refractivity contribution in [1.29, 1.82) is 0 Å². The normalized spacial score (nSPS) is 16.7. The van der Waals surface area contributed by atoms with Crippen molar-refractivity contribution in [2.75, 3.05) is 0 Å². The van der Waals surface area contributed by atoms with Crippen LogP contribution in [0.15, 0.2) is 56.8 Å². The van der Waals surface area contributed by atoms with Gasteiger partial charge in [-0.25, -0.2) is 4.79 Å². The molecule has 25 heavy (non-hydrogen) atoms. The summed E-state index contributed by atoms with van der Waals surface area (Å²) in [6.07, 6.45) is 0.387. The van der Waals surface area contributed by atoms with E-state index >= 15 is 0 Å². The molecule has 3 aromatic rings. The van der Waals surface area contributed by atoms with E-state index in [0.717, 1.165) is 5.56 Å². The van der Waals surface area contributed by atoms with Crippen molar-refractivity contribution in [3.05, 3.63) is 74.1 Å². The van der Waals surface area contributed by atoms with Gasteiger partial charge in [-0.15, -0.1) is 0 Å². The summed E-state index contributed by atoms with van der Waals surface area (Å²) in [7, 11) is 0. The monoisotopic (exact) mass is 374 g/mol. The largest absolute Gasteiger partial charge is 0.506 e. The molecule has 1 atom stereocenters. The number of fused-ring (bicyclic) bond motifs is 1. The Balaban J connectivity index is 1.73. The van der Waals surface area contributed by atoms with Crippen LogP contribution in [-0.4, -0.2) is 10.8 Å². The number of hydrazone groups is 1. The second-order valence-corrected chi connectivity index (χ2v) is 6.56. The molecule has 4 rings (SSSR count). The van der Waals surface area contributed by atoms with Gasteiger partial charge in [-0.2, -0.15) is 5.10 Å². The lowest BCUT2D eigenvalue weighted by atomic mass is 9.98. The van der Waals surface area contributed by atoms with Crippen molar-refractivity contribution in [1.82, 2.24) is 5.43 Å². The Bertz CT molecular complexity index is 1080. The zero-order chi connectivity index (χ0) is 17.6. The van der Waals surface area contributed by atoms with E-state index in [1.165, 1.54) is 0 Å². The van der Waals surface area contributed by atoms with E-state index in [1.54, 1.807) is 36.4 Å². The minimum atomic E-state index is -0.625. The number of halogens is 2. The van der Waals surface area contributed by atoms with E-state index in [0.29, 0.717) is 33.1 Å². The van der Waals surface area contributed by atoms with Gasteiger partial charge in [-0.3, -0.25) is 0 Å². The van der Waals surface area contributed by atoms with Gasteiger partial charge >= 0.3 is 5.63 Å². The van der Waals surface area contributed by atoms with E-state index in [4.69, 9.17) is 27.6 Å². The molecule has 0 bridgehead atoms. The topological polar surface area (TPSA) is 74.8 Å². The second-order valence-electron chi connectivity index (χ2n) is 5.72. The maximum Gasteiger partial charge on any atom is 0.349 e. The molecule has 1 aliphatic rings. The minimum absolute atomic E-state index is 0.0683. The quantitative estimate of drug-likeness (QED) is 0.657. The fraction of sp³-hybridized carbons (Fsp3) is 0.111. The minimum Gasteiger partial charge on any atom is -0.506 e. The molecule has 0 aliphatic carbocycles. The first-order chi connectivity index (χ1) is 12.0. The van der Waals surface area contributed by atoms with Crippen LogP contribution in [0.2, 0.25) is 10.0 Å². The average Bonchev–Trinajstić information content (AvgIpc) is 3.04. The number of nitrogens with one attached hydrogen (secondary N) is 1. The lowest BCUT2D eigenvalue weighted by Gasteiger charge is -2.12. The van der Waals surface area contributed by atoms with Gasteiger partial charge in [-0.05, 0) is 29.8 Å². The van der Waals surface area contributed by atoms with E-state index in [2.05, 4.69) is 10.5 Å². The maximum atomic E-state index is 12.3. The third kappa shape index (κ3) is 2.75.